The number of aryl methyl sites for hydroxylation is 1. The standard InChI is InChI=1S/C24H33N3O3.HI/c1-18-7-5-6-8-20(18)24(11-13-30-14-12-24)17-27-23(25-2)26-16-19-9-10-21(28-3)22(15-19)29-4;/h5-10,15H,11-14,16-17H2,1-4H3,(H2,25,26,27);1H. The van der Waals surface area contributed by atoms with E-state index in [4.69, 9.17) is 14.2 Å². The Hall–Kier alpha value is -2.00. The van der Waals surface area contributed by atoms with Crippen molar-refractivity contribution >= 4 is 29.9 Å². The fourth-order valence-corrected chi connectivity index (χ4v) is 4.12. The van der Waals surface area contributed by atoms with E-state index >= 15 is 0 Å². The maximum atomic E-state index is 5.67. The van der Waals surface area contributed by atoms with E-state index in [2.05, 4.69) is 46.8 Å². The van der Waals surface area contributed by atoms with Crippen molar-refractivity contribution in [2.24, 2.45) is 4.99 Å². The minimum atomic E-state index is 0. The van der Waals surface area contributed by atoms with E-state index in [1.807, 2.05) is 18.2 Å². The second-order valence-corrected chi connectivity index (χ2v) is 7.68. The number of nitrogens with zero attached hydrogens (tertiary/aromatic N) is 1. The monoisotopic (exact) mass is 539 g/mol. The van der Waals surface area contributed by atoms with Crippen molar-refractivity contribution < 1.29 is 14.2 Å². The van der Waals surface area contributed by atoms with Gasteiger partial charge in [-0.15, -0.1) is 24.0 Å². The minimum Gasteiger partial charge on any atom is -0.493 e. The first-order valence-corrected chi connectivity index (χ1v) is 10.4. The number of aliphatic imine (C=N–C) groups is 1. The molecule has 0 spiro atoms. The predicted octanol–water partition coefficient (Wildman–Crippen LogP) is 4.04. The van der Waals surface area contributed by atoms with Gasteiger partial charge < -0.3 is 24.8 Å². The lowest BCUT2D eigenvalue weighted by Crippen LogP contribution is -2.48. The Morgan fingerprint density at radius 3 is 2.39 bits per heavy atom. The van der Waals surface area contributed by atoms with Gasteiger partial charge in [-0.25, -0.2) is 0 Å². The third-order valence-corrected chi connectivity index (χ3v) is 5.89. The average Bonchev–Trinajstić information content (AvgIpc) is 2.79. The molecule has 0 amide bonds. The molecule has 6 nitrogen and oxygen atoms in total. The largest absolute Gasteiger partial charge is 0.493 e. The summed E-state index contributed by atoms with van der Waals surface area (Å²) < 4.78 is 16.4. The number of guanidine groups is 1. The van der Waals surface area contributed by atoms with Gasteiger partial charge in [0.15, 0.2) is 17.5 Å². The fraction of sp³-hybridized carbons (Fsp3) is 0.458. The number of nitrogens with one attached hydrogen (secondary N) is 2. The van der Waals surface area contributed by atoms with E-state index in [0.29, 0.717) is 6.54 Å². The lowest BCUT2D eigenvalue weighted by atomic mass is 9.72. The number of rotatable bonds is 7. The van der Waals surface area contributed by atoms with E-state index < -0.39 is 0 Å². The summed E-state index contributed by atoms with van der Waals surface area (Å²) in [6.07, 6.45) is 2.00. The van der Waals surface area contributed by atoms with E-state index in [9.17, 15) is 0 Å². The maximum Gasteiger partial charge on any atom is 0.191 e. The van der Waals surface area contributed by atoms with E-state index in [1.54, 1.807) is 21.3 Å². The second kappa shape index (κ2) is 12.1. The van der Waals surface area contributed by atoms with Crippen LogP contribution in [0.2, 0.25) is 0 Å². The minimum absolute atomic E-state index is 0. The number of benzene rings is 2. The Labute approximate surface area is 202 Å². The predicted molar refractivity (Wildman–Crippen MR) is 136 cm³/mol. The van der Waals surface area contributed by atoms with Crippen LogP contribution in [0, 0.1) is 6.92 Å². The average molecular weight is 539 g/mol. The van der Waals surface area contributed by atoms with E-state index in [-0.39, 0.29) is 29.4 Å². The normalized spacial score (nSPS) is 15.5. The molecule has 2 aromatic rings. The van der Waals surface area contributed by atoms with Crippen molar-refractivity contribution in [3.63, 3.8) is 0 Å². The van der Waals surface area contributed by atoms with Crippen LogP contribution in [0.1, 0.15) is 29.5 Å². The Balaban J connectivity index is 0.00000341. The zero-order valence-corrected chi connectivity index (χ0v) is 21.2. The number of hydrogen-bond acceptors (Lipinski definition) is 4. The van der Waals surface area contributed by atoms with Gasteiger partial charge in [-0.2, -0.15) is 0 Å². The van der Waals surface area contributed by atoms with E-state index in [0.717, 1.165) is 55.6 Å². The maximum absolute atomic E-state index is 5.67. The molecule has 0 radical (unpaired) electrons. The van der Waals surface area contributed by atoms with Crippen LogP contribution in [-0.4, -0.2) is 47.0 Å². The van der Waals surface area contributed by atoms with Gasteiger partial charge in [-0.3, -0.25) is 4.99 Å². The Morgan fingerprint density at radius 1 is 1.03 bits per heavy atom. The molecule has 7 heteroatoms. The summed E-state index contributed by atoms with van der Waals surface area (Å²) in [4.78, 5) is 4.42. The van der Waals surface area contributed by atoms with Crippen molar-refractivity contribution in [1.29, 1.82) is 0 Å². The molecule has 1 fully saturated rings. The molecule has 2 aromatic carbocycles. The van der Waals surface area contributed by atoms with Gasteiger partial charge >= 0.3 is 0 Å². The van der Waals surface area contributed by atoms with Gasteiger partial charge in [0.05, 0.1) is 14.2 Å². The molecule has 0 saturated carbocycles. The number of ether oxygens (including phenoxy) is 3. The van der Waals surface area contributed by atoms with Crippen LogP contribution >= 0.6 is 24.0 Å². The highest BCUT2D eigenvalue weighted by Crippen LogP contribution is 2.36. The fourth-order valence-electron chi connectivity index (χ4n) is 4.12. The molecule has 1 heterocycles. The van der Waals surface area contributed by atoms with Crippen LogP contribution in [0.15, 0.2) is 47.5 Å². The lowest BCUT2D eigenvalue weighted by molar-refractivity contribution is 0.0512. The summed E-state index contributed by atoms with van der Waals surface area (Å²) in [6, 6.07) is 14.6. The number of hydrogen-bond donors (Lipinski definition) is 2. The molecule has 1 saturated heterocycles. The number of methoxy groups -OCH3 is 2. The van der Waals surface area contributed by atoms with Crippen LogP contribution in [0.4, 0.5) is 0 Å². The summed E-state index contributed by atoms with van der Waals surface area (Å²) in [5, 5.41) is 6.96. The first kappa shape index (κ1) is 25.3. The van der Waals surface area contributed by atoms with Crippen LogP contribution in [0.5, 0.6) is 11.5 Å². The molecule has 31 heavy (non-hydrogen) atoms. The van der Waals surface area contributed by atoms with E-state index in [1.165, 1.54) is 11.1 Å². The van der Waals surface area contributed by atoms with Crippen molar-refractivity contribution in [1.82, 2.24) is 10.6 Å². The van der Waals surface area contributed by atoms with Crippen molar-refractivity contribution in [2.75, 3.05) is 41.0 Å². The van der Waals surface area contributed by atoms with Crippen molar-refractivity contribution in [2.45, 2.75) is 31.7 Å². The summed E-state index contributed by atoms with van der Waals surface area (Å²) in [7, 11) is 5.09. The second-order valence-electron chi connectivity index (χ2n) is 7.68. The Morgan fingerprint density at radius 2 is 1.74 bits per heavy atom. The first-order valence-electron chi connectivity index (χ1n) is 10.4. The third-order valence-electron chi connectivity index (χ3n) is 5.89. The Bertz CT molecular complexity index is 867. The third kappa shape index (κ3) is 6.26. The zero-order valence-electron chi connectivity index (χ0n) is 18.9. The van der Waals surface area contributed by atoms with Crippen LogP contribution in [-0.2, 0) is 16.7 Å². The van der Waals surface area contributed by atoms with Crippen LogP contribution < -0.4 is 20.1 Å². The van der Waals surface area contributed by atoms with Gasteiger partial charge in [0, 0.05) is 38.8 Å². The first-order chi connectivity index (χ1) is 14.6. The molecule has 0 atom stereocenters. The molecule has 170 valence electrons. The molecular formula is C24H34IN3O3. The van der Waals surface area contributed by atoms with Crippen molar-refractivity contribution in [3.05, 3.63) is 59.2 Å². The molecule has 3 rings (SSSR count). The summed E-state index contributed by atoms with van der Waals surface area (Å²) in [5.74, 6) is 2.23. The Kier molecular flexibility index (Phi) is 9.90. The molecular weight excluding hydrogens is 505 g/mol. The summed E-state index contributed by atoms with van der Waals surface area (Å²) in [6.45, 7) is 5.21. The molecule has 0 aliphatic carbocycles. The molecule has 2 N–H and O–H groups in total. The summed E-state index contributed by atoms with van der Waals surface area (Å²) >= 11 is 0. The SMILES string of the molecule is CN=C(NCc1ccc(OC)c(OC)c1)NCC1(c2ccccc2C)CCOCC1.I. The lowest BCUT2D eigenvalue weighted by Gasteiger charge is -2.39. The van der Waals surface area contributed by atoms with Crippen LogP contribution in [0.3, 0.4) is 0 Å². The molecule has 1 aliphatic rings. The highest BCUT2D eigenvalue weighted by Gasteiger charge is 2.35. The molecule has 0 aromatic heterocycles. The van der Waals surface area contributed by atoms with Gasteiger partial charge in [-0.05, 0) is 48.6 Å². The summed E-state index contributed by atoms with van der Waals surface area (Å²) in [5.41, 5.74) is 3.87. The van der Waals surface area contributed by atoms with Gasteiger partial charge in [0.2, 0.25) is 0 Å². The zero-order chi connectivity index (χ0) is 21.4. The molecule has 1 aliphatic heterocycles. The highest BCUT2D eigenvalue weighted by molar-refractivity contribution is 14.0. The highest BCUT2D eigenvalue weighted by atomic mass is 127. The van der Waals surface area contributed by atoms with Crippen molar-refractivity contribution in [3.8, 4) is 11.5 Å². The van der Waals surface area contributed by atoms with Gasteiger partial charge in [0.25, 0.3) is 0 Å². The van der Waals surface area contributed by atoms with Gasteiger partial charge in [-0.1, -0.05) is 30.3 Å². The topological polar surface area (TPSA) is 64.1 Å². The van der Waals surface area contributed by atoms with Crippen LogP contribution in [0.25, 0.3) is 0 Å². The quantitative estimate of drug-likeness (QED) is 0.316. The number of halogens is 1. The smallest absolute Gasteiger partial charge is 0.191 e. The van der Waals surface area contributed by atoms with Gasteiger partial charge in [0.1, 0.15) is 0 Å². The molecule has 0 unspecified atom stereocenters. The molecule has 0 bridgehead atoms.